The first-order valence-corrected chi connectivity index (χ1v) is 10.4. The second-order valence-electron chi connectivity index (χ2n) is 8.32. The van der Waals surface area contributed by atoms with Crippen molar-refractivity contribution in [1.29, 1.82) is 0 Å². The molecule has 194 valence electrons. The molecule has 0 amide bonds. The molecule has 3 aliphatic heterocycles. The summed E-state index contributed by atoms with van der Waals surface area (Å²) in [4.78, 5) is 0. The van der Waals surface area contributed by atoms with Crippen LogP contribution in [0.1, 0.15) is 6.92 Å². The molecule has 15 atom stereocenters. The third kappa shape index (κ3) is 5.32. The fourth-order valence-corrected chi connectivity index (χ4v) is 4.03. The van der Waals surface area contributed by atoms with Gasteiger partial charge in [0.25, 0.3) is 0 Å². The lowest BCUT2D eigenvalue weighted by Crippen LogP contribution is -2.66. The van der Waals surface area contributed by atoms with Crippen molar-refractivity contribution in [1.82, 2.24) is 0 Å². The summed E-state index contributed by atoms with van der Waals surface area (Å²) in [6, 6.07) is 0. The molecule has 0 aliphatic carbocycles. The molecule has 0 aromatic carbocycles. The van der Waals surface area contributed by atoms with Gasteiger partial charge in [-0.1, -0.05) is 0 Å². The van der Waals surface area contributed by atoms with Crippen LogP contribution in [0.5, 0.6) is 0 Å². The van der Waals surface area contributed by atoms with Crippen LogP contribution in [0.3, 0.4) is 0 Å². The molecule has 0 radical (unpaired) electrons. The molecule has 0 aromatic heterocycles. The molecule has 0 spiro atoms. The number of aliphatic hydroxyl groups is 10. The zero-order valence-electron chi connectivity index (χ0n) is 17.6. The molecule has 3 fully saturated rings. The molecule has 33 heavy (non-hydrogen) atoms. The SMILES string of the molecule is C[C@@H]1O[C@@H](O)[C@H](O)[C@H](O)[C@H]1O[C@H]1O[C@H](CO)[C@@H](O[C@H]2O[C@H](CO)[C@H](O)[C@H](O)[C@H]2O)[C@H](O)[C@@H]1O. The van der Waals surface area contributed by atoms with Crippen molar-refractivity contribution < 1.29 is 74.7 Å². The van der Waals surface area contributed by atoms with Gasteiger partial charge in [-0.3, -0.25) is 0 Å². The van der Waals surface area contributed by atoms with Gasteiger partial charge in [0.1, 0.15) is 67.1 Å². The van der Waals surface area contributed by atoms with Crippen molar-refractivity contribution >= 4 is 0 Å². The highest BCUT2D eigenvalue weighted by atomic mass is 16.8. The van der Waals surface area contributed by atoms with Crippen molar-refractivity contribution in [2.45, 2.75) is 99.0 Å². The van der Waals surface area contributed by atoms with E-state index in [1.54, 1.807) is 0 Å². The van der Waals surface area contributed by atoms with E-state index < -0.39 is 105 Å². The molecule has 3 heterocycles. The van der Waals surface area contributed by atoms with Gasteiger partial charge in [0.15, 0.2) is 18.9 Å². The maximum atomic E-state index is 10.6. The van der Waals surface area contributed by atoms with Crippen LogP contribution in [0.25, 0.3) is 0 Å². The average Bonchev–Trinajstić information content (AvgIpc) is 2.79. The van der Waals surface area contributed by atoms with Crippen LogP contribution < -0.4 is 0 Å². The van der Waals surface area contributed by atoms with Crippen molar-refractivity contribution in [3.63, 3.8) is 0 Å². The lowest BCUT2D eigenvalue weighted by Gasteiger charge is -2.47. The van der Waals surface area contributed by atoms with Crippen LogP contribution in [-0.2, 0) is 23.7 Å². The van der Waals surface area contributed by atoms with Crippen molar-refractivity contribution in [2.75, 3.05) is 13.2 Å². The quantitative estimate of drug-likeness (QED) is 0.167. The van der Waals surface area contributed by atoms with Gasteiger partial charge in [-0.25, -0.2) is 0 Å². The summed E-state index contributed by atoms with van der Waals surface area (Å²) in [5.41, 5.74) is 0. The molecular formula is C18H32O15. The minimum atomic E-state index is -1.83. The summed E-state index contributed by atoms with van der Waals surface area (Å²) >= 11 is 0. The molecule has 3 rings (SSSR count). The minimum Gasteiger partial charge on any atom is -0.394 e. The Balaban J connectivity index is 1.70. The maximum Gasteiger partial charge on any atom is 0.187 e. The molecule has 3 aliphatic rings. The Morgan fingerprint density at radius 2 is 1.03 bits per heavy atom. The van der Waals surface area contributed by atoms with E-state index in [0.717, 1.165) is 0 Å². The Labute approximate surface area is 187 Å². The summed E-state index contributed by atoms with van der Waals surface area (Å²) in [6.45, 7) is -0.0729. The maximum absolute atomic E-state index is 10.6. The minimum absolute atomic E-state index is 0.721. The predicted octanol–water partition coefficient (Wildman–Crippen LogP) is -6.55. The van der Waals surface area contributed by atoms with Gasteiger partial charge in [-0.05, 0) is 6.92 Å². The Hall–Kier alpha value is -0.600. The first kappa shape index (κ1) is 27.0. The Morgan fingerprint density at radius 3 is 1.61 bits per heavy atom. The smallest absolute Gasteiger partial charge is 0.187 e. The van der Waals surface area contributed by atoms with E-state index in [-0.39, 0.29) is 0 Å². The Kier molecular flexibility index (Phi) is 8.99. The van der Waals surface area contributed by atoms with E-state index in [9.17, 15) is 51.1 Å². The molecule has 0 aromatic rings. The van der Waals surface area contributed by atoms with Gasteiger partial charge in [0.05, 0.1) is 19.3 Å². The number of rotatable bonds is 6. The molecule has 0 bridgehead atoms. The highest BCUT2D eigenvalue weighted by molar-refractivity contribution is 4.95. The van der Waals surface area contributed by atoms with Crippen molar-refractivity contribution in [2.24, 2.45) is 0 Å². The summed E-state index contributed by atoms with van der Waals surface area (Å²) in [7, 11) is 0. The van der Waals surface area contributed by atoms with Crippen LogP contribution in [0.4, 0.5) is 0 Å². The van der Waals surface area contributed by atoms with E-state index in [2.05, 4.69) is 0 Å². The average molecular weight is 488 g/mol. The zero-order chi connectivity index (χ0) is 24.6. The van der Waals surface area contributed by atoms with Gasteiger partial charge < -0.3 is 74.7 Å². The van der Waals surface area contributed by atoms with E-state index in [1.165, 1.54) is 6.92 Å². The molecule has 15 nitrogen and oxygen atoms in total. The molecule has 0 saturated carbocycles. The first-order valence-electron chi connectivity index (χ1n) is 10.4. The van der Waals surface area contributed by atoms with E-state index >= 15 is 0 Å². The van der Waals surface area contributed by atoms with Gasteiger partial charge in [-0.2, -0.15) is 0 Å². The standard InChI is InChI=1S/C18H32O15/c1-4-14(9(23)11(25)16(28)29-4)32-18-13(27)10(24)15(6(3-20)31-18)33-17-12(26)8(22)7(21)5(2-19)30-17/h4-28H,2-3H2,1H3/t4-,5+,6+,7-,8-,9-,10+,11+,12+,13-,14-,15+,16+,17+,18+/m0/s1. The van der Waals surface area contributed by atoms with E-state index in [4.69, 9.17) is 23.7 Å². The second-order valence-corrected chi connectivity index (χ2v) is 8.32. The molecule has 0 unspecified atom stereocenters. The highest BCUT2D eigenvalue weighted by Crippen LogP contribution is 2.32. The summed E-state index contributed by atoms with van der Waals surface area (Å²) in [6.07, 6.45) is -23.6. The largest absolute Gasteiger partial charge is 0.394 e. The topological polar surface area (TPSA) is 248 Å². The number of ether oxygens (including phenoxy) is 5. The fourth-order valence-electron chi connectivity index (χ4n) is 4.03. The van der Waals surface area contributed by atoms with Crippen molar-refractivity contribution in [3.8, 4) is 0 Å². The Morgan fingerprint density at radius 1 is 0.545 bits per heavy atom. The lowest BCUT2D eigenvalue weighted by atomic mass is 9.96. The third-order valence-corrected chi connectivity index (χ3v) is 6.05. The van der Waals surface area contributed by atoms with Gasteiger partial charge in [-0.15, -0.1) is 0 Å². The van der Waals surface area contributed by atoms with Crippen LogP contribution in [0.15, 0.2) is 0 Å². The van der Waals surface area contributed by atoms with Crippen LogP contribution in [-0.4, -0.2) is 156 Å². The summed E-state index contributed by atoms with van der Waals surface area (Å²) in [5.74, 6) is 0. The van der Waals surface area contributed by atoms with Crippen molar-refractivity contribution in [3.05, 3.63) is 0 Å². The fraction of sp³-hybridized carbons (Fsp3) is 1.00. The zero-order valence-corrected chi connectivity index (χ0v) is 17.6. The van der Waals surface area contributed by atoms with Gasteiger partial charge in [0.2, 0.25) is 0 Å². The van der Waals surface area contributed by atoms with Crippen LogP contribution in [0, 0.1) is 0 Å². The predicted molar refractivity (Wildman–Crippen MR) is 99.8 cm³/mol. The molecule has 3 saturated heterocycles. The number of aliphatic hydroxyl groups excluding tert-OH is 10. The van der Waals surface area contributed by atoms with Crippen LogP contribution in [0.2, 0.25) is 0 Å². The second kappa shape index (κ2) is 11.0. The highest BCUT2D eigenvalue weighted by Gasteiger charge is 2.52. The van der Waals surface area contributed by atoms with Crippen LogP contribution >= 0.6 is 0 Å². The van der Waals surface area contributed by atoms with E-state index in [1.807, 2.05) is 0 Å². The normalized spacial score (nSPS) is 53.7. The summed E-state index contributed by atoms with van der Waals surface area (Å²) in [5, 5.41) is 99.5. The number of hydrogen-bond acceptors (Lipinski definition) is 15. The molecule has 10 N–H and O–H groups in total. The monoisotopic (exact) mass is 488 g/mol. The Bertz CT molecular complexity index is 622. The molecule has 15 heteroatoms. The lowest BCUT2D eigenvalue weighted by molar-refractivity contribution is -0.376. The molecular weight excluding hydrogens is 456 g/mol. The van der Waals surface area contributed by atoms with Gasteiger partial charge >= 0.3 is 0 Å². The number of hydrogen-bond donors (Lipinski definition) is 10. The summed E-state index contributed by atoms with van der Waals surface area (Å²) < 4.78 is 26.6. The van der Waals surface area contributed by atoms with Gasteiger partial charge in [0, 0.05) is 0 Å². The first-order chi connectivity index (χ1) is 15.5. The third-order valence-electron chi connectivity index (χ3n) is 6.05. The van der Waals surface area contributed by atoms with E-state index in [0.29, 0.717) is 0 Å².